The van der Waals surface area contributed by atoms with Crippen LogP contribution in [-0.2, 0) is 22.6 Å². The molecule has 2 aliphatic rings. The molecular formula is C19H21ClFN5O2. The van der Waals surface area contributed by atoms with E-state index in [9.17, 15) is 14.0 Å². The maximum Gasteiger partial charge on any atom is 0.227 e. The Morgan fingerprint density at radius 2 is 2.14 bits per heavy atom. The van der Waals surface area contributed by atoms with E-state index in [1.54, 1.807) is 9.58 Å². The van der Waals surface area contributed by atoms with E-state index in [4.69, 9.17) is 11.6 Å². The van der Waals surface area contributed by atoms with E-state index in [-0.39, 0.29) is 35.3 Å². The van der Waals surface area contributed by atoms with Crippen LogP contribution in [0.15, 0.2) is 24.4 Å². The fourth-order valence-corrected chi connectivity index (χ4v) is 4.41. The van der Waals surface area contributed by atoms with E-state index in [1.807, 2.05) is 18.0 Å². The van der Waals surface area contributed by atoms with Gasteiger partial charge in [0.2, 0.25) is 11.8 Å². The number of halogens is 2. The number of aromatic nitrogens is 3. The van der Waals surface area contributed by atoms with E-state index < -0.39 is 5.82 Å². The van der Waals surface area contributed by atoms with Gasteiger partial charge in [0.15, 0.2) is 0 Å². The first-order valence-electron chi connectivity index (χ1n) is 9.32. The SMILES string of the molecule is Cc1cn(CCN2C(=O)C[C@H]3[C@@H]2CCN3C(=O)Cc2ccc(F)cc2Cl)nn1. The van der Waals surface area contributed by atoms with Gasteiger partial charge < -0.3 is 9.80 Å². The highest BCUT2D eigenvalue weighted by Crippen LogP contribution is 2.33. The molecule has 1 aromatic carbocycles. The molecule has 0 spiro atoms. The van der Waals surface area contributed by atoms with Crippen molar-refractivity contribution in [2.24, 2.45) is 0 Å². The van der Waals surface area contributed by atoms with Crippen LogP contribution in [0.4, 0.5) is 4.39 Å². The maximum absolute atomic E-state index is 13.2. The number of likely N-dealkylation sites (tertiary alicyclic amines) is 2. The molecule has 4 rings (SSSR count). The summed E-state index contributed by atoms with van der Waals surface area (Å²) < 4.78 is 14.9. The van der Waals surface area contributed by atoms with Crippen molar-refractivity contribution in [3.63, 3.8) is 0 Å². The molecule has 2 aromatic rings. The lowest BCUT2D eigenvalue weighted by atomic mass is 10.1. The molecule has 0 bridgehead atoms. The average Bonchev–Trinajstić information content (AvgIpc) is 3.31. The minimum atomic E-state index is -0.429. The number of fused-ring (bicyclic) bond motifs is 1. The minimum absolute atomic E-state index is 0.0322. The summed E-state index contributed by atoms with van der Waals surface area (Å²) in [4.78, 5) is 29.0. The molecule has 2 amide bonds. The zero-order chi connectivity index (χ0) is 19.8. The second kappa shape index (κ2) is 7.50. The second-order valence-corrected chi connectivity index (χ2v) is 7.74. The molecular weight excluding hydrogens is 385 g/mol. The van der Waals surface area contributed by atoms with Crippen LogP contribution in [0.3, 0.4) is 0 Å². The van der Waals surface area contributed by atoms with Gasteiger partial charge in [0.05, 0.1) is 30.7 Å². The quantitative estimate of drug-likeness (QED) is 0.760. The fraction of sp³-hybridized carbons (Fsp3) is 0.474. The third-order valence-electron chi connectivity index (χ3n) is 5.52. The van der Waals surface area contributed by atoms with Gasteiger partial charge >= 0.3 is 0 Å². The van der Waals surface area contributed by atoms with Crippen LogP contribution in [0.5, 0.6) is 0 Å². The van der Waals surface area contributed by atoms with Gasteiger partial charge in [0, 0.05) is 30.7 Å². The predicted molar refractivity (Wildman–Crippen MR) is 100 cm³/mol. The second-order valence-electron chi connectivity index (χ2n) is 7.34. The molecule has 3 heterocycles. The Bertz CT molecular complexity index is 917. The van der Waals surface area contributed by atoms with Crippen LogP contribution in [0.25, 0.3) is 0 Å². The Balaban J connectivity index is 1.40. The Kier molecular flexibility index (Phi) is 5.05. The minimum Gasteiger partial charge on any atom is -0.337 e. The summed E-state index contributed by atoms with van der Waals surface area (Å²) in [5, 5.41) is 8.22. The van der Waals surface area contributed by atoms with Crippen LogP contribution in [0.2, 0.25) is 5.02 Å². The van der Waals surface area contributed by atoms with E-state index in [0.29, 0.717) is 31.6 Å². The number of aryl methyl sites for hydroxylation is 1. The Labute approximate surface area is 167 Å². The molecule has 0 aliphatic carbocycles. The van der Waals surface area contributed by atoms with Crippen molar-refractivity contribution < 1.29 is 14.0 Å². The van der Waals surface area contributed by atoms with Crippen LogP contribution >= 0.6 is 11.6 Å². The Morgan fingerprint density at radius 3 is 2.86 bits per heavy atom. The maximum atomic E-state index is 13.2. The van der Waals surface area contributed by atoms with Crippen LogP contribution in [0, 0.1) is 12.7 Å². The lowest BCUT2D eigenvalue weighted by Gasteiger charge is -2.25. The number of carbonyl (C=O) groups excluding carboxylic acids is 2. The van der Waals surface area contributed by atoms with Crippen molar-refractivity contribution in [2.45, 2.75) is 44.8 Å². The highest BCUT2D eigenvalue weighted by atomic mass is 35.5. The molecule has 2 aliphatic heterocycles. The molecule has 0 unspecified atom stereocenters. The molecule has 0 saturated carbocycles. The molecule has 0 radical (unpaired) electrons. The molecule has 1 aromatic heterocycles. The highest BCUT2D eigenvalue weighted by Gasteiger charge is 2.47. The fourth-order valence-electron chi connectivity index (χ4n) is 4.17. The molecule has 7 nitrogen and oxygen atoms in total. The summed E-state index contributed by atoms with van der Waals surface area (Å²) in [6.07, 6.45) is 3.04. The largest absolute Gasteiger partial charge is 0.337 e. The number of benzene rings is 1. The summed E-state index contributed by atoms with van der Waals surface area (Å²) >= 11 is 6.05. The molecule has 0 N–H and O–H groups in total. The van der Waals surface area contributed by atoms with Gasteiger partial charge in [-0.1, -0.05) is 22.9 Å². The third-order valence-corrected chi connectivity index (χ3v) is 5.87. The monoisotopic (exact) mass is 405 g/mol. The first-order valence-corrected chi connectivity index (χ1v) is 9.70. The van der Waals surface area contributed by atoms with Crippen LogP contribution in [-0.4, -0.2) is 61.8 Å². The van der Waals surface area contributed by atoms with Crippen molar-refractivity contribution in [2.75, 3.05) is 13.1 Å². The van der Waals surface area contributed by atoms with E-state index >= 15 is 0 Å². The molecule has 28 heavy (non-hydrogen) atoms. The van der Waals surface area contributed by atoms with E-state index in [1.165, 1.54) is 18.2 Å². The van der Waals surface area contributed by atoms with E-state index in [2.05, 4.69) is 10.3 Å². The molecule has 2 saturated heterocycles. The van der Waals surface area contributed by atoms with Gasteiger partial charge in [0.1, 0.15) is 5.82 Å². The van der Waals surface area contributed by atoms with Gasteiger partial charge in [-0.05, 0) is 31.0 Å². The molecule has 9 heteroatoms. The smallest absolute Gasteiger partial charge is 0.227 e. The summed E-state index contributed by atoms with van der Waals surface area (Å²) in [7, 11) is 0. The lowest BCUT2D eigenvalue weighted by Crippen LogP contribution is -2.41. The van der Waals surface area contributed by atoms with Crippen LogP contribution in [0.1, 0.15) is 24.1 Å². The van der Waals surface area contributed by atoms with Gasteiger partial charge in [-0.3, -0.25) is 14.3 Å². The number of carbonyl (C=O) groups is 2. The first kappa shape index (κ1) is 18.9. The van der Waals surface area contributed by atoms with Crippen molar-refractivity contribution in [3.05, 3.63) is 46.5 Å². The summed E-state index contributed by atoms with van der Waals surface area (Å²) in [5.74, 6) is -0.450. The summed E-state index contributed by atoms with van der Waals surface area (Å²) in [6.45, 7) is 3.61. The van der Waals surface area contributed by atoms with Crippen molar-refractivity contribution in [1.29, 1.82) is 0 Å². The number of hydrogen-bond donors (Lipinski definition) is 0. The molecule has 2 atom stereocenters. The predicted octanol–water partition coefficient (Wildman–Crippen LogP) is 1.82. The standard InChI is InChI=1S/C19H21ClFN5O2/c1-12-11-24(23-22-12)6-7-26-16-4-5-25(17(16)10-19(26)28)18(27)8-13-2-3-14(21)9-15(13)20/h2-3,9,11,16-17H,4-8,10H2,1H3/t16-,17-/m0/s1. The zero-order valence-corrected chi connectivity index (χ0v) is 16.3. The van der Waals surface area contributed by atoms with Crippen molar-refractivity contribution in [1.82, 2.24) is 24.8 Å². The topological polar surface area (TPSA) is 71.3 Å². The van der Waals surface area contributed by atoms with Gasteiger partial charge in [-0.15, -0.1) is 5.10 Å². The van der Waals surface area contributed by atoms with Crippen molar-refractivity contribution >= 4 is 23.4 Å². The molecule has 2 fully saturated rings. The normalized spacial score (nSPS) is 21.5. The first-order chi connectivity index (χ1) is 13.4. The summed E-state index contributed by atoms with van der Waals surface area (Å²) in [5.41, 5.74) is 1.43. The van der Waals surface area contributed by atoms with Crippen LogP contribution < -0.4 is 0 Å². The number of amides is 2. The Morgan fingerprint density at radius 1 is 1.32 bits per heavy atom. The van der Waals surface area contributed by atoms with Gasteiger partial charge in [-0.25, -0.2) is 4.39 Å². The zero-order valence-electron chi connectivity index (χ0n) is 15.5. The Hall–Kier alpha value is -2.48. The summed E-state index contributed by atoms with van der Waals surface area (Å²) in [6, 6.07) is 3.97. The number of hydrogen-bond acceptors (Lipinski definition) is 4. The van der Waals surface area contributed by atoms with Gasteiger partial charge in [0.25, 0.3) is 0 Å². The number of nitrogens with zero attached hydrogens (tertiary/aromatic N) is 5. The van der Waals surface area contributed by atoms with E-state index in [0.717, 1.165) is 12.1 Å². The lowest BCUT2D eigenvalue weighted by molar-refractivity contribution is -0.131. The van der Waals surface area contributed by atoms with Crippen molar-refractivity contribution in [3.8, 4) is 0 Å². The number of rotatable bonds is 5. The average molecular weight is 406 g/mol. The van der Waals surface area contributed by atoms with Gasteiger partial charge in [-0.2, -0.15) is 0 Å². The molecule has 148 valence electrons. The third kappa shape index (κ3) is 3.61. The highest BCUT2D eigenvalue weighted by molar-refractivity contribution is 6.31.